The molecule has 2 saturated heterocycles. The lowest BCUT2D eigenvalue weighted by atomic mass is 9.77. The molecular weight excluding hydrogens is 891 g/mol. The molecule has 0 aromatic carbocycles. The minimum Gasteiger partial charge on any atom is -0.490 e. The van der Waals surface area contributed by atoms with Crippen LogP contribution in [0.1, 0.15) is 140 Å². The lowest BCUT2D eigenvalue weighted by Gasteiger charge is -2.50. The second kappa shape index (κ2) is 28.4. The van der Waals surface area contributed by atoms with Gasteiger partial charge in [-0.3, -0.25) is 4.79 Å². The van der Waals surface area contributed by atoms with Crippen LogP contribution in [0.2, 0.25) is 0 Å². The molecule has 0 spiro atoms. The first-order valence-electron chi connectivity index (χ1n) is 25.2. The van der Waals surface area contributed by atoms with Gasteiger partial charge in [-0.15, -0.1) is 0 Å². The van der Waals surface area contributed by atoms with Gasteiger partial charge in [0.15, 0.2) is 18.2 Å². The second-order valence-corrected chi connectivity index (χ2v) is 20.0. The zero-order valence-electron chi connectivity index (χ0n) is 43.3. The van der Waals surface area contributed by atoms with E-state index in [4.69, 9.17) is 38.9 Å². The Labute approximate surface area is 411 Å². The number of aliphatic hydroxyl groups is 5. The van der Waals surface area contributed by atoms with Crippen LogP contribution in [0, 0.1) is 35.5 Å². The maximum atomic E-state index is 13.9. The SMILES string of the molecule is C/C=C/[C@H]1O[C@@](O)([C@@H](C)[C@H](O)[C@H](C)[C@H]2OC(=O)/C(OC)=C/C(C)=C/[C@@H](C)[C@@H](O)[C@@H](C)[C@@H](O)[C@H](C)C/C(C)=C/C=C/[C@@H]2O)C[C@@H](O[C@@H]2C[C@H](OC(=O)CCCCCCCC)[C@@H](OC(N)=O)[C@H](C)O2)[C@@H]1C. The van der Waals surface area contributed by atoms with Crippen molar-refractivity contribution in [1.82, 2.24) is 0 Å². The number of cyclic esters (lactones) is 1. The van der Waals surface area contributed by atoms with Gasteiger partial charge in [0.2, 0.25) is 5.76 Å². The van der Waals surface area contributed by atoms with Crippen LogP contribution in [0.5, 0.6) is 0 Å². The van der Waals surface area contributed by atoms with E-state index < -0.39 is 115 Å². The molecule has 3 aliphatic heterocycles. The number of primary amides is 1. The standard InChI is InChI=1S/C53H87NO15/c1-13-15-16-17-18-19-24-44(56)65-41-28-45(64-38(11)50(41)68-52(54)61)66-43-29-53(62,69-40(21-14-2)34(43)7)37(10)48(59)36(9)49-39(55)23-20-22-30(3)25-32(5)46(57)35(8)47(58)33(6)26-31(4)27-42(63-12)51(60)67-49/h14,20-23,26-27,32-41,43,45-50,55,57-59,62H,13,15-19,24-25,28-29H2,1-12H3,(H2,54,61)/b21-14+,23-20+,30-22+,31-26+,42-27-/t32-,33-,34-,35+,36+,37+,38+,39+,40-,41+,43-,45-,46+,47-,48-,49-,50+,53-/m1/s1. The van der Waals surface area contributed by atoms with E-state index in [2.05, 4.69) is 6.92 Å². The molecule has 0 unspecified atom stereocenters. The van der Waals surface area contributed by atoms with Crippen molar-refractivity contribution in [2.75, 3.05) is 7.11 Å². The van der Waals surface area contributed by atoms with E-state index in [0.29, 0.717) is 18.4 Å². The Morgan fingerprint density at radius 3 is 2.28 bits per heavy atom. The van der Waals surface area contributed by atoms with Crippen molar-refractivity contribution in [1.29, 1.82) is 0 Å². The van der Waals surface area contributed by atoms with Gasteiger partial charge in [0.25, 0.3) is 0 Å². The van der Waals surface area contributed by atoms with E-state index in [1.54, 1.807) is 65.0 Å². The largest absolute Gasteiger partial charge is 0.490 e. The summed E-state index contributed by atoms with van der Waals surface area (Å²) in [6, 6.07) is 0. The number of aliphatic hydroxyl groups excluding tert-OH is 4. The maximum Gasteiger partial charge on any atom is 0.404 e. The van der Waals surface area contributed by atoms with Crippen molar-refractivity contribution in [2.45, 2.75) is 213 Å². The van der Waals surface area contributed by atoms with E-state index in [1.165, 1.54) is 19.3 Å². The van der Waals surface area contributed by atoms with Crippen molar-refractivity contribution < 1.29 is 73.1 Å². The monoisotopic (exact) mass is 978 g/mol. The summed E-state index contributed by atoms with van der Waals surface area (Å²) in [5.41, 5.74) is 6.88. The molecule has 0 saturated carbocycles. The van der Waals surface area contributed by atoms with E-state index in [-0.39, 0.29) is 36.9 Å². The Morgan fingerprint density at radius 1 is 0.971 bits per heavy atom. The highest BCUT2D eigenvalue weighted by Gasteiger charge is 2.53. The van der Waals surface area contributed by atoms with Gasteiger partial charge in [-0.25, -0.2) is 9.59 Å². The average Bonchev–Trinajstić information content (AvgIpc) is 3.29. The van der Waals surface area contributed by atoms with Gasteiger partial charge in [0.1, 0.15) is 18.3 Å². The summed E-state index contributed by atoms with van der Waals surface area (Å²) in [6.07, 6.45) is 5.93. The molecule has 394 valence electrons. The predicted octanol–water partition coefficient (Wildman–Crippen LogP) is 7.24. The van der Waals surface area contributed by atoms with Crippen LogP contribution in [0.3, 0.4) is 0 Å². The number of esters is 2. The van der Waals surface area contributed by atoms with Gasteiger partial charge in [0, 0.05) is 48.9 Å². The molecule has 69 heavy (non-hydrogen) atoms. The van der Waals surface area contributed by atoms with Crippen molar-refractivity contribution in [3.63, 3.8) is 0 Å². The minimum absolute atomic E-state index is 0.00190. The average molecular weight is 978 g/mol. The smallest absolute Gasteiger partial charge is 0.404 e. The normalized spacial score (nSPS) is 38.6. The summed E-state index contributed by atoms with van der Waals surface area (Å²) in [7, 11) is 1.30. The fourth-order valence-corrected chi connectivity index (χ4v) is 9.82. The molecule has 0 bridgehead atoms. The van der Waals surface area contributed by atoms with Gasteiger partial charge >= 0.3 is 18.0 Å². The first kappa shape index (κ1) is 59.7. The number of rotatable bonds is 17. The quantitative estimate of drug-likeness (QED) is 0.0364. The number of methoxy groups -OCH3 is 1. The Hall–Kier alpha value is -3.61. The van der Waals surface area contributed by atoms with Crippen molar-refractivity contribution in [3.05, 3.63) is 59.4 Å². The highest BCUT2D eigenvalue weighted by molar-refractivity contribution is 5.87. The third-order valence-electron chi connectivity index (χ3n) is 14.2. The van der Waals surface area contributed by atoms with E-state index in [9.17, 15) is 39.9 Å². The van der Waals surface area contributed by atoms with Crippen molar-refractivity contribution in [2.24, 2.45) is 41.2 Å². The predicted molar refractivity (Wildman–Crippen MR) is 261 cm³/mol. The van der Waals surface area contributed by atoms with Crippen LogP contribution < -0.4 is 5.73 Å². The summed E-state index contributed by atoms with van der Waals surface area (Å²) in [6.45, 7) is 19.9. The fraction of sp³-hybridized carbons (Fsp3) is 0.755. The molecule has 7 N–H and O–H groups in total. The molecule has 0 aliphatic carbocycles. The van der Waals surface area contributed by atoms with Gasteiger partial charge in [-0.2, -0.15) is 0 Å². The number of carbonyl (C=O) groups excluding carboxylic acids is 3. The number of hydrogen-bond acceptors (Lipinski definition) is 15. The fourth-order valence-electron chi connectivity index (χ4n) is 9.82. The number of unbranched alkanes of at least 4 members (excludes halogenated alkanes) is 5. The lowest BCUT2D eigenvalue weighted by Crippen LogP contribution is -2.59. The zero-order valence-corrected chi connectivity index (χ0v) is 43.3. The number of ether oxygens (including phenoxy) is 7. The summed E-state index contributed by atoms with van der Waals surface area (Å²) in [5, 5.41) is 58.8. The number of carbonyl (C=O) groups is 3. The summed E-state index contributed by atoms with van der Waals surface area (Å²) in [4.78, 5) is 38.9. The van der Waals surface area contributed by atoms with Crippen LogP contribution in [0.25, 0.3) is 0 Å². The molecule has 3 aliphatic rings. The Bertz CT molecular complexity index is 1780. The third-order valence-corrected chi connectivity index (χ3v) is 14.2. The van der Waals surface area contributed by atoms with Crippen LogP contribution in [-0.4, -0.2) is 124 Å². The molecule has 3 rings (SSSR count). The van der Waals surface area contributed by atoms with E-state index >= 15 is 0 Å². The topological polar surface area (TPSA) is 243 Å². The highest BCUT2D eigenvalue weighted by atomic mass is 16.7. The van der Waals surface area contributed by atoms with E-state index in [1.807, 2.05) is 34.6 Å². The molecule has 0 aromatic rings. The molecule has 1 amide bonds. The molecule has 3 heterocycles. The number of allylic oxidation sites excluding steroid dienone is 6. The highest BCUT2D eigenvalue weighted by Crippen LogP contribution is 2.42. The number of nitrogens with two attached hydrogens (primary N) is 1. The molecular formula is C53H87NO15. The van der Waals surface area contributed by atoms with Crippen LogP contribution in [0.15, 0.2) is 59.4 Å². The third kappa shape index (κ3) is 17.6. The molecule has 16 heteroatoms. The van der Waals surface area contributed by atoms with Crippen LogP contribution in [0.4, 0.5) is 4.79 Å². The van der Waals surface area contributed by atoms with Gasteiger partial charge in [-0.05, 0) is 52.5 Å². The molecule has 16 nitrogen and oxygen atoms in total. The Balaban J connectivity index is 1.93. The molecule has 18 atom stereocenters. The Kier molecular flexibility index (Phi) is 24.6. The Morgan fingerprint density at radius 2 is 1.64 bits per heavy atom. The molecule has 2 fully saturated rings. The summed E-state index contributed by atoms with van der Waals surface area (Å²) < 4.78 is 41.9. The molecule has 0 radical (unpaired) electrons. The summed E-state index contributed by atoms with van der Waals surface area (Å²) >= 11 is 0. The first-order chi connectivity index (χ1) is 32.5. The zero-order chi connectivity index (χ0) is 51.7. The van der Waals surface area contributed by atoms with Crippen molar-refractivity contribution >= 4 is 18.0 Å². The lowest BCUT2D eigenvalue weighted by molar-refractivity contribution is -0.339. The van der Waals surface area contributed by atoms with Gasteiger partial charge in [-0.1, -0.05) is 128 Å². The number of hydrogen-bond donors (Lipinski definition) is 6. The van der Waals surface area contributed by atoms with Crippen LogP contribution >= 0.6 is 0 Å². The van der Waals surface area contributed by atoms with Crippen molar-refractivity contribution in [3.8, 4) is 0 Å². The van der Waals surface area contributed by atoms with E-state index in [0.717, 1.165) is 37.7 Å². The van der Waals surface area contributed by atoms with Crippen LogP contribution in [-0.2, 0) is 42.7 Å². The minimum atomic E-state index is -2.05. The maximum absolute atomic E-state index is 13.9. The first-order valence-corrected chi connectivity index (χ1v) is 25.2. The second-order valence-electron chi connectivity index (χ2n) is 20.0. The van der Waals surface area contributed by atoms with Gasteiger partial charge < -0.3 is 64.4 Å². The number of amides is 1. The molecule has 0 aromatic heterocycles. The summed E-state index contributed by atoms with van der Waals surface area (Å²) in [5.74, 6) is -7.13. The van der Waals surface area contributed by atoms with Gasteiger partial charge in [0.05, 0.1) is 43.7 Å².